The lowest BCUT2D eigenvalue weighted by Crippen LogP contribution is -2.11. The van der Waals surface area contributed by atoms with Crippen LogP contribution in [0.2, 0.25) is 5.02 Å². The number of nitrogens with zero attached hydrogens (tertiary/aromatic N) is 4. The summed E-state index contributed by atoms with van der Waals surface area (Å²) in [7, 11) is 1.61. The Bertz CT molecular complexity index is 850. The number of halogens is 2. The predicted molar refractivity (Wildman–Crippen MR) is 99.9 cm³/mol. The molecule has 1 aliphatic rings. The minimum atomic E-state index is 0. The molecule has 0 spiro atoms. The molecule has 0 saturated heterocycles. The van der Waals surface area contributed by atoms with Crippen molar-refractivity contribution in [1.82, 2.24) is 24.6 Å². The number of rotatable bonds is 3. The number of ether oxygens (including phenoxy) is 1. The Morgan fingerprint density at radius 3 is 2.96 bits per heavy atom. The lowest BCUT2D eigenvalue weighted by molar-refractivity contribution is 0.415. The number of hydrogen-bond acceptors (Lipinski definition) is 4. The van der Waals surface area contributed by atoms with Gasteiger partial charge in [0.05, 0.1) is 17.8 Å². The molecule has 2 aromatic heterocycles. The van der Waals surface area contributed by atoms with Gasteiger partial charge in [-0.2, -0.15) is 5.10 Å². The summed E-state index contributed by atoms with van der Waals surface area (Å²) >= 11 is 6.26. The minimum Gasteiger partial charge on any atom is -0.495 e. The fourth-order valence-corrected chi connectivity index (χ4v) is 3.23. The first-order valence-electron chi connectivity index (χ1n) is 7.91. The van der Waals surface area contributed by atoms with Crippen LogP contribution in [0.25, 0.3) is 17.2 Å². The molecule has 0 amide bonds. The first-order valence-corrected chi connectivity index (χ1v) is 8.29. The van der Waals surface area contributed by atoms with Crippen molar-refractivity contribution >= 4 is 24.0 Å². The highest BCUT2D eigenvalue weighted by Gasteiger charge is 2.16. The van der Waals surface area contributed by atoms with Gasteiger partial charge in [-0.25, -0.2) is 4.98 Å². The van der Waals surface area contributed by atoms with E-state index >= 15 is 0 Å². The summed E-state index contributed by atoms with van der Waals surface area (Å²) in [5.41, 5.74) is 2.98. The summed E-state index contributed by atoms with van der Waals surface area (Å²) in [4.78, 5) is 4.49. The fourth-order valence-electron chi connectivity index (χ4n) is 2.98. The maximum absolute atomic E-state index is 6.26. The molecule has 0 atom stereocenters. The second-order valence-electron chi connectivity index (χ2n) is 5.71. The molecule has 0 unspecified atom stereocenters. The van der Waals surface area contributed by atoms with Crippen LogP contribution in [0, 0.1) is 0 Å². The number of hydrogen-bond donors (Lipinski definition) is 1. The van der Waals surface area contributed by atoms with Gasteiger partial charge >= 0.3 is 0 Å². The van der Waals surface area contributed by atoms with Crippen molar-refractivity contribution in [3.8, 4) is 23.0 Å². The molecule has 0 bridgehead atoms. The second kappa shape index (κ2) is 7.47. The van der Waals surface area contributed by atoms with Crippen molar-refractivity contribution in [2.45, 2.75) is 19.5 Å². The summed E-state index contributed by atoms with van der Waals surface area (Å²) in [5, 5.41) is 8.71. The second-order valence-corrected chi connectivity index (χ2v) is 6.12. The number of methoxy groups -OCH3 is 1. The van der Waals surface area contributed by atoms with Crippen molar-refractivity contribution in [3.63, 3.8) is 0 Å². The van der Waals surface area contributed by atoms with Crippen LogP contribution in [0.4, 0.5) is 0 Å². The quantitative estimate of drug-likeness (QED) is 0.758. The highest BCUT2D eigenvalue weighted by molar-refractivity contribution is 6.32. The van der Waals surface area contributed by atoms with Crippen molar-refractivity contribution in [2.24, 2.45) is 0 Å². The van der Waals surface area contributed by atoms with Crippen LogP contribution < -0.4 is 10.1 Å². The van der Waals surface area contributed by atoms with Crippen LogP contribution in [0.5, 0.6) is 5.75 Å². The van der Waals surface area contributed by atoms with Crippen LogP contribution in [-0.2, 0) is 13.1 Å². The summed E-state index contributed by atoms with van der Waals surface area (Å²) in [5.74, 6) is 1.46. The number of benzene rings is 1. The molecule has 1 N–H and O–H groups in total. The van der Waals surface area contributed by atoms with E-state index in [0.29, 0.717) is 10.8 Å². The summed E-state index contributed by atoms with van der Waals surface area (Å²) < 4.78 is 9.27. The van der Waals surface area contributed by atoms with E-state index in [0.717, 1.165) is 43.3 Å². The van der Waals surface area contributed by atoms with E-state index in [2.05, 4.69) is 21.0 Å². The van der Waals surface area contributed by atoms with Gasteiger partial charge in [0.25, 0.3) is 0 Å². The third-order valence-corrected chi connectivity index (χ3v) is 4.47. The van der Waals surface area contributed by atoms with Crippen molar-refractivity contribution in [2.75, 3.05) is 13.7 Å². The molecular formula is C17H19Cl2N5O. The molecule has 0 fully saturated rings. The van der Waals surface area contributed by atoms with Crippen LogP contribution >= 0.6 is 24.0 Å². The Hall–Kier alpha value is -2.02. The van der Waals surface area contributed by atoms with Crippen LogP contribution in [0.3, 0.4) is 0 Å². The molecule has 4 rings (SSSR count). The fraction of sp³-hybridized carbons (Fsp3) is 0.294. The minimum absolute atomic E-state index is 0. The van der Waals surface area contributed by atoms with Crippen LogP contribution in [0.1, 0.15) is 12.1 Å². The molecule has 1 aliphatic heterocycles. The highest BCUT2D eigenvalue weighted by Crippen LogP contribution is 2.29. The molecule has 0 aliphatic carbocycles. The number of imidazole rings is 1. The smallest absolute Gasteiger partial charge is 0.165 e. The maximum atomic E-state index is 6.26. The first-order chi connectivity index (χ1) is 11.8. The molecule has 25 heavy (non-hydrogen) atoms. The Kier molecular flexibility index (Phi) is 5.32. The Balaban J connectivity index is 0.00000182. The molecule has 3 heterocycles. The van der Waals surface area contributed by atoms with Gasteiger partial charge in [0, 0.05) is 31.2 Å². The molecule has 8 heteroatoms. The topological polar surface area (TPSA) is 56.9 Å². The summed E-state index contributed by atoms with van der Waals surface area (Å²) in [6, 6.07) is 7.78. The van der Waals surface area contributed by atoms with E-state index in [1.807, 2.05) is 29.0 Å². The van der Waals surface area contributed by atoms with E-state index in [1.165, 1.54) is 5.69 Å². The van der Waals surface area contributed by atoms with E-state index in [4.69, 9.17) is 21.4 Å². The number of fused-ring (bicyclic) bond motifs is 1. The lowest BCUT2D eigenvalue weighted by Gasteiger charge is -2.09. The van der Waals surface area contributed by atoms with Gasteiger partial charge in [-0.3, -0.25) is 9.25 Å². The predicted octanol–water partition coefficient (Wildman–Crippen LogP) is 3.31. The first kappa shape index (κ1) is 17.8. The number of nitrogens with one attached hydrogen (secondary N) is 1. The van der Waals surface area contributed by atoms with Gasteiger partial charge in [0.1, 0.15) is 11.4 Å². The maximum Gasteiger partial charge on any atom is 0.165 e. The Morgan fingerprint density at radius 1 is 1.28 bits per heavy atom. The Morgan fingerprint density at radius 2 is 2.16 bits per heavy atom. The molecule has 3 aromatic rings. The third kappa shape index (κ3) is 3.38. The Labute approximate surface area is 157 Å². The van der Waals surface area contributed by atoms with E-state index in [1.54, 1.807) is 13.3 Å². The highest BCUT2D eigenvalue weighted by atomic mass is 35.5. The zero-order chi connectivity index (χ0) is 16.5. The molecule has 0 saturated carbocycles. The van der Waals surface area contributed by atoms with Gasteiger partial charge in [-0.15, -0.1) is 12.4 Å². The lowest BCUT2D eigenvalue weighted by atomic mass is 10.2. The zero-order valence-corrected chi connectivity index (χ0v) is 15.3. The van der Waals surface area contributed by atoms with Crippen molar-refractivity contribution in [1.29, 1.82) is 0 Å². The van der Waals surface area contributed by atoms with Crippen LogP contribution in [0.15, 0.2) is 36.7 Å². The van der Waals surface area contributed by atoms with Gasteiger partial charge in [0.15, 0.2) is 5.82 Å². The average Bonchev–Trinajstić information content (AvgIpc) is 3.17. The normalized spacial score (nSPS) is 13.7. The molecule has 1 aromatic carbocycles. The molecule has 132 valence electrons. The van der Waals surface area contributed by atoms with E-state index in [9.17, 15) is 0 Å². The van der Waals surface area contributed by atoms with Gasteiger partial charge in [-0.05, 0) is 37.2 Å². The standard InChI is InChI=1S/C17H18ClN5O.ClH/c1-24-16-4-3-12(9-14(16)18)22-8-6-20-17(22)15-10-13-11-19-5-2-7-23(13)21-15;/h3-4,6,8-10,19H,2,5,7,11H2,1H3;1H. The molecule has 6 nitrogen and oxygen atoms in total. The summed E-state index contributed by atoms with van der Waals surface area (Å²) in [6.07, 6.45) is 4.77. The molecule has 0 radical (unpaired) electrons. The van der Waals surface area contributed by atoms with Gasteiger partial charge < -0.3 is 10.1 Å². The average molecular weight is 380 g/mol. The van der Waals surface area contributed by atoms with Crippen molar-refractivity contribution < 1.29 is 4.74 Å². The monoisotopic (exact) mass is 379 g/mol. The van der Waals surface area contributed by atoms with Crippen molar-refractivity contribution in [3.05, 3.63) is 47.4 Å². The number of aromatic nitrogens is 4. The van der Waals surface area contributed by atoms with Gasteiger partial charge in [-0.1, -0.05) is 11.6 Å². The number of aryl methyl sites for hydroxylation is 1. The SMILES string of the molecule is COc1ccc(-n2ccnc2-c2cc3n(n2)CCCNC3)cc1Cl.Cl. The van der Waals surface area contributed by atoms with E-state index < -0.39 is 0 Å². The van der Waals surface area contributed by atoms with E-state index in [-0.39, 0.29) is 12.4 Å². The molecular weight excluding hydrogens is 361 g/mol. The zero-order valence-electron chi connectivity index (χ0n) is 13.8. The van der Waals surface area contributed by atoms with Gasteiger partial charge in [0.2, 0.25) is 0 Å². The largest absolute Gasteiger partial charge is 0.495 e. The van der Waals surface area contributed by atoms with Crippen LogP contribution in [-0.4, -0.2) is 33.0 Å². The third-order valence-electron chi connectivity index (χ3n) is 4.18. The summed E-state index contributed by atoms with van der Waals surface area (Å²) in [6.45, 7) is 2.79.